The molecule has 0 aliphatic carbocycles. The molecule has 0 saturated carbocycles. The van der Waals surface area contributed by atoms with Crippen LogP contribution < -0.4 is 5.63 Å². The van der Waals surface area contributed by atoms with E-state index < -0.39 is 39.9 Å². The minimum atomic E-state index is -4.97. The van der Waals surface area contributed by atoms with Crippen LogP contribution in [-0.2, 0) is 10.9 Å². The minimum Gasteiger partial charge on any atom is -0.508 e. The number of carbonyl (C=O) groups excluding carboxylic acids is 1. The van der Waals surface area contributed by atoms with Crippen molar-refractivity contribution in [3.63, 3.8) is 0 Å². The fraction of sp³-hybridized carbons (Fsp3) is 0.231. The van der Waals surface area contributed by atoms with E-state index in [0.29, 0.717) is 0 Å². The second-order valence-corrected chi connectivity index (χ2v) is 4.04. The fourth-order valence-corrected chi connectivity index (χ4v) is 1.87. The number of carbonyl (C=O) groups is 1. The largest absolute Gasteiger partial charge is 0.508 e. The van der Waals surface area contributed by atoms with Gasteiger partial charge in [-0.15, -0.1) is 0 Å². The number of halogens is 3. The van der Waals surface area contributed by atoms with Gasteiger partial charge in [-0.25, -0.2) is 9.59 Å². The van der Waals surface area contributed by atoms with Crippen LogP contribution in [0.15, 0.2) is 27.4 Å². The Kier molecular flexibility index (Phi) is 3.63. The smallest absolute Gasteiger partial charge is 0.418 e. The molecule has 112 valence electrons. The fourth-order valence-electron chi connectivity index (χ4n) is 1.87. The summed E-state index contributed by atoms with van der Waals surface area (Å²) in [4.78, 5) is 23.3. The SMILES string of the molecule is CCOC(=O)c1c(C(F)(F)F)c2ccc(O)cc2oc1=O. The Labute approximate surface area is 115 Å². The molecule has 0 spiro atoms. The van der Waals surface area contributed by atoms with E-state index >= 15 is 0 Å². The maximum absolute atomic E-state index is 13.2. The Hall–Kier alpha value is -2.51. The van der Waals surface area contributed by atoms with Crippen LogP contribution in [0.25, 0.3) is 11.0 Å². The molecule has 0 aliphatic rings. The predicted octanol–water partition coefficient (Wildman–Crippen LogP) is 2.69. The lowest BCUT2D eigenvalue weighted by Gasteiger charge is -2.13. The minimum absolute atomic E-state index is 0.191. The number of fused-ring (bicyclic) bond motifs is 1. The molecule has 0 fully saturated rings. The van der Waals surface area contributed by atoms with Gasteiger partial charge in [0.05, 0.1) is 12.2 Å². The highest BCUT2D eigenvalue weighted by molar-refractivity contribution is 5.96. The monoisotopic (exact) mass is 302 g/mol. The normalized spacial score (nSPS) is 11.6. The Bertz CT molecular complexity index is 761. The lowest BCUT2D eigenvalue weighted by atomic mass is 10.0. The molecule has 2 aromatic rings. The van der Waals surface area contributed by atoms with Gasteiger partial charge in [-0.1, -0.05) is 0 Å². The molecule has 0 aliphatic heterocycles. The number of hydrogen-bond acceptors (Lipinski definition) is 5. The predicted molar refractivity (Wildman–Crippen MR) is 65.1 cm³/mol. The van der Waals surface area contributed by atoms with Crippen molar-refractivity contribution in [2.24, 2.45) is 0 Å². The first-order valence-electron chi connectivity index (χ1n) is 5.79. The van der Waals surface area contributed by atoms with Gasteiger partial charge < -0.3 is 14.3 Å². The zero-order valence-corrected chi connectivity index (χ0v) is 10.7. The van der Waals surface area contributed by atoms with E-state index in [1.807, 2.05) is 0 Å². The molecule has 21 heavy (non-hydrogen) atoms. The maximum Gasteiger partial charge on any atom is 0.418 e. The second-order valence-electron chi connectivity index (χ2n) is 4.04. The van der Waals surface area contributed by atoms with Gasteiger partial charge in [-0.2, -0.15) is 13.2 Å². The van der Waals surface area contributed by atoms with Crippen molar-refractivity contribution < 1.29 is 32.2 Å². The van der Waals surface area contributed by atoms with Crippen LogP contribution in [0.5, 0.6) is 5.75 Å². The Balaban J connectivity index is 2.91. The first kappa shape index (κ1) is 14.9. The average Bonchev–Trinajstić information content (AvgIpc) is 2.35. The third-order valence-corrected chi connectivity index (χ3v) is 2.65. The summed E-state index contributed by atoms with van der Waals surface area (Å²) in [6.45, 7) is 1.20. The molecule has 1 aromatic carbocycles. The second kappa shape index (κ2) is 5.12. The van der Waals surface area contributed by atoms with Gasteiger partial charge in [0.2, 0.25) is 0 Å². The van der Waals surface area contributed by atoms with Gasteiger partial charge in [0.1, 0.15) is 11.3 Å². The Morgan fingerprint density at radius 3 is 2.62 bits per heavy atom. The summed E-state index contributed by atoms with van der Waals surface area (Å²) in [6, 6.07) is 2.77. The van der Waals surface area contributed by atoms with Crippen LogP contribution in [-0.4, -0.2) is 17.7 Å². The van der Waals surface area contributed by atoms with Crippen molar-refractivity contribution in [1.82, 2.24) is 0 Å². The molecule has 0 saturated heterocycles. The number of hydrogen-bond donors (Lipinski definition) is 1. The van der Waals surface area contributed by atoms with Crippen molar-refractivity contribution >= 4 is 16.9 Å². The highest BCUT2D eigenvalue weighted by atomic mass is 19.4. The van der Waals surface area contributed by atoms with Crippen LogP contribution in [0.3, 0.4) is 0 Å². The summed E-state index contributed by atoms with van der Waals surface area (Å²) in [5, 5.41) is 8.73. The number of benzene rings is 1. The maximum atomic E-state index is 13.2. The van der Waals surface area contributed by atoms with Crippen molar-refractivity contribution in [2.45, 2.75) is 13.1 Å². The molecule has 0 radical (unpaired) electrons. The third kappa shape index (κ3) is 2.69. The highest BCUT2D eigenvalue weighted by Crippen LogP contribution is 2.37. The van der Waals surface area contributed by atoms with Gasteiger partial charge in [0.15, 0.2) is 5.56 Å². The zero-order valence-electron chi connectivity index (χ0n) is 10.7. The van der Waals surface area contributed by atoms with E-state index in [1.54, 1.807) is 0 Å². The van der Waals surface area contributed by atoms with Gasteiger partial charge in [-0.3, -0.25) is 0 Å². The summed E-state index contributed by atoms with van der Waals surface area (Å²) in [6.07, 6.45) is -4.97. The average molecular weight is 302 g/mol. The first-order valence-corrected chi connectivity index (χ1v) is 5.79. The molecule has 0 unspecified atom stereocenters. The van der Waals surface area contributed by atoms with Crippen molar-refractivity contribution in [3.05, 3.63) is 39.7 Å². The Morgan fingerprint density at radius 1 is 1.38 bits per heavy atom. The van der Waals surface area contributed by atoms with E-state index in [0.717, 1.165) is 18.2 Å². The van der Waals surface area contributed by atoms with Gasteiger partial charge in [0.25, 0.3) is 0 Å². The molecule has 1 N–H and O–H groups in total. The van der Waals surface area contributed by atoms with E-state index in [1.165, 1.54) is 6.92 Å². The van der Waals surface area contributed by atoms with Crippen LogP contribution in [0.2, 0.25) is 0 Å². The number of phenols is 1. The van der Waals surface area contributed by atoms with E-state index in [9.17, 15) is 27.9 Å². The zero-order chi connectivity index (χ0) is 15.8. The molecular weight excluding hydrogens is 293 g/mol. The number of aromatic hydroxyl groups is 1. The molecule has 8 heteroatoms. The molecule has 1 aromatic heterocycles. The van der Waals surface area contributed by atoms with Crippen LogP contribution in [0.4, 0.5) is 13.2 Å². The molecular formula is C13H9F3O5. The number of alkyl halides is 3. The first-order chi connectivity index (χ1) is 9.75. The standard InChI is InChI=1S/C13H9F3O5/c1-2-20-11(18)9-10(13(14,15)16)7-4-3-6(17)5-8(7)21-12(9)19/h3-5,17H,2H2,1H3. The number of ether oxygens (including phenoxy) is 1. The lowest BCUT2D eigenvalue weighted by Crippen LogP contribution is -2.24. The van der Waals surface area contributed by atoms with Crippen molar-refractivity contribution in [1.29, 1.82) is 0 Å². The van der Waals surface area contributed by atoms with Gasteiger partial charge in [0, 0.05) is 11.5 Å². The number of rotatable bonds is 2. The number of esters is 1. The van der Waals surface area contributed by atoms with Crippen molar-refractivity contribution in [3.8, 4) is 5.75 Å². The molecule has 2 rings (SSSR count). The van der Waals surface area contributed by atoms with Crippen LogP contribution in [0.1, 0.15) is 22.8 Å². The third-order valence-electron chi connectivity index (χ3n) is 2.65. The number of phenolic OH excluding ortho intramolecular Hbond substituents is 1. The molecule has 0 bridgehead atoms. The highest BCUT2D eigenvalue weighted by Gasteiger charge is 2.40. The lowest BCUT2D eigenvalue weighted by molar-refractivity contribution is -0.137. The molecule has 1 heterocycles. The molecule has 0 amide bonds. The van der Waals surface area contributed by atoms with Gasteiger partial charge in [-0.05, 0) is 19.1 Å². The Morgan fingerprint density at radius 2 is 2.05 bits per heavy atom. The van der Waals surface area contributed by atoms with E-state index in [2.05, 4.69) is 9.15 Å². The van der Waals surface area contributed by atoms with Crippen LogP contribution >= 0.6 is 0 Å². The van der Waals surface area contributed by atoms with Gasteiger partial charge >= 0.3 is 17.8 Å². The summed E-state index contributed by atoms with van der Waals surface area (Å²) in [7, 11) is 0. The summed E-state index contributed by atoms with van der Waals surface area (Å²) >= 11 is 0. The summed E-state index contributed by atoms with van der Waals surface area (Å²) in [5.41, 5.74) is -4.59. The topological polar surface area (TPSA) is 76.7 Å². The van der Waals surface area contributed by atoms with Crippen LogP contribution in [0, 0.1) is 0 Å². The van der Waals surface area contributed by atoms with E-state index in [-0.39, 0.29) is 12.4 Å². The van der Waals surface area contributed by atoms with Crippen molar-refractivity contribution in [2.75, 3.05) is 6.61 Å². The van der Waals surface area contributed by atoms with E-state index in [4.69, 9.17) is 0 Å². The summed E-state index contributed by atoms with van der Waals surface area (Å²) < 4.78 is 48.8. The molecule has 5 nitrogen and oxygen atoms in total. The quantitative estimate of drug-likeness (QED) is 0.681. The molecule has 0 atom stereocenters. The summed E-state index contributed by atoms with van der Waals surface area (Å²) in [5.74, 6) is -1.78.